The molecule has 0 aliphatic heterocycles. The fourth-order valence-electron chi connectivity index (χ4n) is 2.78. The van der Waals surface area contributed by atoms with E-state index in [9.17, 15) is 13.2 Å². The first-order valence-corrected chi connectivity index (χ1v) is 11.2. The van der Waals surface area contributed by atoms with Gasteiger partial charge in [0.05, 0.1) is 4.90 Å². The predicted octanol–water partition coefficient (Wildman–Crippen LogP) is 4.21. The molecule has 0 amide bonds. The summed E-state index contributed by atoms with van der Waals surface area (Å²) in [6.07, 6.45) is 2.94. The Morgan fingerprint density at radius 3 is 2.43 bits per heavy atom. The van der Waals surface area contributed by atoms with Gasteiger partial charge in [0.2, 0.25) is 15.1 Å². The summed E-state index contributed by atoms with van der Waals surface area (Å²) in [5.74, 6) is 0.746. The topological polar surface area (TPSA) is 89.7 Å². The van der Waals surface area contributed by atoms with E-state index in [0.29, 0.717) is 17.1 Å². The van der Waals surface area contributed by atoms with Gasteiger partial charge in [-0.2, -0.15) is 0 Å². The Hall–Kier alpha value is -2.03. The second-order valence-electron chi connectivity index (χ2n) is 6.48. The highest BCUT2D eigenvalue weighted by Crippen LogP contribution is 2.30. The molecule has 0 radical (unpaired) electrons. The van der Waals surface area contributed by atoms with E-state index in [4.69, 9.17) is 9.88 Å². The molecule has 0 fully saturated rings. The van der Waals surface area contributed by atoms with Crippen molar-refractivity contribution in [2.45, 2.75) is 38.0 Å². The van der Waals surface area contributed by atoms with Crippen molar-refractivity contribution in [3.05, 3.63) is 48.0 Å². The maximum absolute atomic E-state index is 12.0. The van der Waals surface area contributed by atoms with Crippen LogP contribution >= 0.6 is 12.6 Å². The first-order valence-electron chi connectivity index (χ1n) is 9.18. The third-order valence-electron chi connectivity index (χ3n) is 4.15. The minimum absolute atomic E-state index is 0.0148. The Morgan fingerprint density at radius 1 is 1.07 bits per heavy atom. The number of sulfonamides is 1. The summed E-state index contributed by atoms with van der Waals surface area (Å²) in [6, 6.07) is 11.3. The van der Waals surface area contributed by atoms with Gasteiger partial charge in [-0.25, -0.2) is 13.6 Å². The lowest BCUT2D eigenvalue weighted by atomic mass is 10.2. The average molecular weight is 423 g/mol. The van der Waals surface area contributed by atoms with Gasteiger partial charge in [-0.1, -0.05) is 32.4 Å². The van der Waals surface area contributed by atoms with Crippen molar-refractivity contribution in [1.29, 1.82) is 0 Å². The molecular formula is C20H26N2O4S2. The number of nitrogens with zero attached hydrogens (tertiary/aromatic N) is 1. The number of hydrogen-bond donors (Lipinski definition) is 2. The molecule has 152 valence electrons. The zero-order valence-corrected chi connectivity index (χ0v) is 17.8. The third-order valence-corrected chi connectivity index (χ3v) is 5.30. The van der Waals surface area contributed by atoms with E-state index in [0.717, 1.165) is 38.0 Å². The molecule has 6 nitrogen and oxygen atoms in total. The molecule has 0 saturated heterocycles. The SMILES string of the molecule is CCCCN(CCC)c1cc(Oc2cccc(C(=O)S)c2)cc(S(N)(=O)=O)c1. The fraction of sp³-hybridized carbons (Fsp3) is 0.350. The summed E-state index contributed by atoms with van der Waals surface area (Å²) in [6.45, 7) is 5.77. The number of anilines is 1. The second kappa shape index (κ2) is 9.95. The summed E-state index contributed by atoms with van der Waals surface area (Å²) >= 11 is 3.82. The second-order valence-corrected chi connectivity index (χ2v) is 8.45. The average Bonchev–Trinajstić information content (AvgIpc) is 2.64. The first kappa shape index (κ1) is 22.3. The number of thiol groups is 1. The van der Waals surface area contributed by atoms with E-state index < -0.39 is 10.0 Å². The lowest BCUT2D eigenvalue weighted by Crippen LogP contribution is -2.25. The Balaban J connectivity index is 2.45. The van der Waals surface area contributed by atoms with Crippen molar-refractivity contribution in [2.24, 2.45) is 5.14 Å². The van der Waals surface area contributed by atoms with Crippen LogP contribution in [0.4, 0.5) is 5.69 Å². The van der Waals surface area contributed by atoms with Gasteiger partial charge >= 0.3 is 0 Å². The normalized spacial score (nSPS) is 11.3. The minimum atomic E-state index is -3.90. The molecular weight excluding hydrogens is 396 g/mol. The van der Waals surface area contributed by atoms with Crippen LogP contribution in [0.2, 0.25) is 0 Å². The highest BCUT2D eigenvalue weighted by molar-refractivity contribution is 7.97. The number of carbonyl (C=O) groups excluding carboxylic acids is 1. The summed E-state index contributed by atoms with van der Waals surface area (Å²) in [5.41, 5.74) is 1.12. The predicted molar refractivity (Wildman–Crippen MR) is 115 cm³/mol. The Labute approximate surface area is 172 Å². The van der Waals surface area contributed by atoms with Crippen LogP contribution in [0.25, 0.3) is 0 Å². The molecule has 2 aromatic carbocycles. The van der Waals surface area contributed by atoms with E-state index in [-0.39, 0.29) is 10.0 Å². The van der Waals surface area contributed by atoms with Crippen molar-refractivity contribution in [3.8, 4) is 11.5 Å². The molecule has 0 aromatic heterocycles. The molecule has 0 bridgehead atoms. The lowest BCUT2D eigenvalue weighted by Gasteiger charge is -2.25. The number of hydrogen-bond acceptors (Lipinski definition) is 5. The summed E-state index contributed by atoms with van der Waals surface area (Å²) in [7, 11) is -3.90. The van der Waals surface area contributed by atoms with Gasteiger partial charge in [-0.3, -0.25) is 4.79 Å². The zero-order valence-electron chi connectivity index (χ0n) is 16.1. The highest BCUT2D eigenvalue weighted by Gasteiger charge is 2.16. The van der Waals surface area contributed by atoms with Gasteiger partial charge < -0.3 is 9.64 Å². The van der Waals surface area contributed by atoms with Gasteiger partial charge in [-0.15, -0.1) is 12.6 Å². The number of rotatable bonds is 10. The van der Waals surface area contributed by atoms with Gasteiger partial charge in [-0.05, 0) is 31.0 Å². The van der Waals surface area contributed by atoms with Crippen LogP contribution in [0, 0.1) is 0 Å². The van der Waals surface area contributed by atoms with Gasteiger partial charge in [0.1, 0.15) is 11.5 Å². The monoisotopic (exact) mass is 422 g/mol. The maximum atomic E-state index is 12.0. The largest absolute Gasteiger partial charge is 0.457 e. The molecule has 0 aliphatic rings. The number of nitrogens with two attached hydrogens (primary N) is 1. The van der Waals surface area contributed by atoms with E-state index >= 15 is 0 Å². The van der Waals surface area contributed by atoms with E-state index in [1.807, 2.05) is 0 Å². The summed E-state index contributed by atoms with van der Waals surface area (Å²) < 4.78 is 29.8. The number of ether oxygens (including phenoxy) is 1. The van der Waals surface area contributed by atoms with Crippen LogP contribution in [-0.4, -0.2) is 26.6 Å². The molecule has 0 heterocycles. The first-order chi connectivity index (χ1) is 13.2. The van der Waals surface area contributed by atoms with Crippen molar-refractivity contribution >= 4 is 33.5 Å². The van der Waals surface area contributed by atoms with Crippen LogP contribution in [-0.2, 0) is 10.0 Å². The van der Waals surface area contributed by atoms with Crippen LogP contribution in [0.5, 0.6) is 11.5 Å². The fourth-order valence-corrected chi connectivity index (χ4v) is 3.48. The molecule has 0 aliphatic carbocycles. The Morgan fingerprint density at radius 2 is 1.82 bits per heavy atom. The number of unbranched alkanes of at least 4 members (excludes halogenated alkanes) is 1. The lowest BCUT2D eigenvalue weighted by molar-refractivity contribution is 0.109. The molecule has 2 N–H and O–H groups in total. The van der Waals surface area contributed by atoms with Crippen molar-refractivity contribution in [1.82, 2.24) is 0 Å². The minimum Gasteiger partial charge on any atom is -0.457 e. The Kier molecular flexibility index (Phi) is 7.91. The van der Waals surface area contributed by atoms with E-state index in [2.05, 4.69) is 31.4 Å². The highest BCUT2D eigenvalue weighted by atomic mass is 32.2. The summed E-state index contributed by atoms with van der Waals surface area (Å²) in [5, 5.41) is 4.99. The molecule has 0 saturated carbocycles. The maximum Gasteiger partial charge on any atom is 0.238 e. The van der Waals surface area contributed by atoms with Crippen molar-refractivity contribution in [2.75, 3.05) is 18.0 Å². The number of primary sulfonamides is 1. The van der Waals surface area contributed by atoms with Crippen molar-refractivity contribution in [3.63, 3.8) is 0 Å². The smallest absolute Gasteiger partial charge is 0.238 e. The molecule has 0 atom stereocenters. The molecule has 2 aromatic rings. The van der Waals surface area contributed by atoms with Gasteiger partial charge in [0, 0.05) is 36.5 Å². The zero-order chi connectivity index (χ0) is 20.7. The molecule has 0 unspecified atom stereocenters. The molecule has 28 heavy (non-hydrogen) atoms. The van der Waals surface area contributed by atoms with Gasteiger partial charge in [0.15, 0.2) is 0 Å². The standard InChI is InChI=1S/C20H26N2O4S2/c1-3-5-10-22(9-4-2)16-12-18(14-19(13-16)28(21,24)25)26-17-8-6-7-15(11-17)20(23)27/h6-8,11-14H,3-5,9-10H2,1-2H3,(H,23,27)(H2,21,24,25). The Bertz CT molecular complexity index is 930. The third kappa shape index (κ3) is 6.25. The van der Waals surface area contributed by atoms with Crippen LogP contribution in [0.15, 0.2) is 47.4 Å². The molecule has 8 heteroatoms. The van der Waals surface area contributed by atoms with Crippen LogP contribution < -0.4 is 14.8 Å². The van der Waals surface area contributed by atoms with Crippen LogP contribution in [0.1, 0.15) is 43.5 Å². The summed E-state index contributed by atoms with van der Waals surface area (Å²) in [4.78, 5) is 13.6. The van der Waals surface area contributed by atoms with Crippen molar-refractivity contribution < 1.29 is 17.9 Å². The van der Waals surface area contributed by atoms with Crippen LogP contribution in [0.3, 0.4) is 0 Å². The number of benzene rings is 2. The van der Waals surface area contributed by atoms with Gasteiger partial charge in [0.25, 0.3) is 0 Å². The number of carbonyl (C=O) groups is 1. The quantitative estimate of drug-likeness (QED) is 0.560. The van der Waals surface area contributed by atoms with E-state index in [1.165, 1.54) is 6.07 Å². The molecule has 0 spiro atoms. The molecule has 2 rings (SSSR count). The van der Waals surface area contributed by atoms with E-state index in [1.54, 1.807) is 36.4 Å².